The van der Waals surface area contributed by atoms with Gasteiger partial charge in [0.25, 0.3) is 0 Å². The monoisotopic (exact) mass is 1480 g/mol. The Balaban J connectivity index is 5.38. The number of ether oxygens (including phenoxy) is 4. The molecule has 3 N–H and O–H groups in total. The summed E-state index contributed by atoms with van der Waals surface area (Å²) in [4.78, 5) is 73.0. The van der Waals surface area contributed by atoms with E-state index < -0.39 is 97.5 Å². The van der Waals surface area contributed by atoms with Crippen molar-refractivity contribution in [1.29, 1.82) is 0 Å². The van der Waals surface area contributed by atoms with Crippen molar-refractivity contribution in [3.05, 3.63) is 97.2 Å². The number of unbranched alkanes of at least 4 members (excludes halogenated alkanes) is 34. The number of aliphatic hydroxyl groups excluding tert-OH is 1. The fourth-order valence-electron chi connectivity index (χ4n) is 10.8. The third kappa shape index (κ3) is 74.3. The Kier molecular flexibility index (Phi) is 72.3. The number of phosphoric ester groups is 2. The zero-order valence-corrected chi connectivity index (χ0v) is 66.3. The molecule has 0 bridgehead atoms. The van der Waals surface area contributed by atoms with Gasteiger partial charge in [-0.25, -0.2) is 9.13 Å². The van der Waals surface area contributed by atoms with Gasteiger partial charge in [-0.05, 0) is 148 Å². The molecule has 0 radical (unpaired) electrons. The third-order valence-electron chi connectivity index (χ3n) is 17.0. The molecule has 0 aliphatic heterocycles. The van der Waals surface area contributed by atoms with Crippen molar-refractivity contribution in [1.82, 2.24) is 0 Å². The van der Waals surface area contributed by atoms with E-state index in [0.29, 0.717) is 25.7 Å². The van der Waals surface area contributed by atoms with Crippen LogP contribution in [-0.4, -0.2) is 96.7 Å². The van der Waals surface area contributed by atoms with Crippen LogP contribution in [0.1, 0.15) is 349 Å². The first-order valence-electron chi connectivity index (χ1n) is 40.5. The maximum atomic E-state index is 13.1. The van der Waals surface area contributed by atoms with Gasteiger partial charge in [0.05, 0.1) is 26.4 Å². The zero-order valence-electron chi connectivity index (χ0n) is 64.5. The topological polar surface area (TPSA) is 237 Å². The SMILES string of the molecule is CC/C=C\C/C=C\C/C=C\C/C=C\C/C=C\CCCCCC(=O)OC[C@H](COP(=O)(O)OC[C@@H](O)COP(=O)(O)OC[C@@H](COC(=O)CCCCCCC/C=C\CCCCCC)OC(=O)CCCCCCCCC/C=C\CCCCCC)OC(=O)CCCCCCC/C=C\CCCCCCCC. The molecule has 17 nitrogen and oxygen atoms in total. The number of carbonyl (C=O) groups is 4. The molecule has 0 aromatic carbocycles. The summed E-state index contributed by atoms with van der Waals surface area (Å²) in [7, 11) is -9.96. The van der Waals surface area contributed by atoms with Gasteiger partial charge in [0.15, 0.2) is 12.2 Å². The molecule has 0 fully saturated rings. The van der Waals surface area contributed by atoms with Crippen LogP contribution >= 0.6 is 15.6 Å². The molecule has 0 heterocycles. The molecule has 0 amide bonds. The Bertz CT molecular complexity index is 2310. The lowest BCUT2D eigenvalue weighted by Crippen LogP contribution is -2.30. The molecule has 0 saturated carbocycles. The summed E-state index contributed by atoms with van der Waals surface area (Å²) >= 11 is 0. The molecule has 590 valence electrons. The lowest BCUT2D eigenvalue weighted by Gasteiger charge is -2.21. The average molecular weight is 1480 g/mol. The molecule has 0 saturated heterocycles. The molecule has 19 heteroatoms. The minimum Gasteiger partial charge on any atom is -0.462 e. The van der Waals surface area contributed by atoms with Gasteiger partial charge in [-0.2, -0.15) is 0 Å². The van der Waals surface area contributed by atoms with E-state index >= 15 is 0 Å². The van der Waals surface area contributed by atoms with Crippen molar-refractivity contribution in [3.8, 4) is 0 Å². The van der Waals surface area contributed by atoms with Crippen LogP contribution in [0.25, 0.3) is 0 Å². The van der Waals surface area contributed by atoms with Crippen molar-refractivity contribution in [3.63, 3.8) is 0 Å². The van der Waals surface area contributed by atoms with Crippen molar-refractivity contribution in [2.75, 3.05) is 39.6 Å². The van der Waals surface area contributed by atoms with Gasteiger partial charge in [-0.3, -0.25) is 37.3 Å². The van der Waals surface area contributed by atoms with E-state index in [9.17, 15) is 43.2 Å². The van der Waals surface area contributed by atoms with Gasteiger partial charge in [0.2, 0.25) is 0 Å². The predicted molar refractivity (Wildman–Crippen MR) is 418 cm³/mol. The van der Waals surface area contributed by atoms with Gasteiger partial charge < -0.3 is 33.8 Å². The van der Waals surface area contributed by atoms with Crippen LogP contribution in [0.3, 0.4) is 0 Å². The average Bonchev–Trinajstić information content (AvgIpc) is 0.920. The van der Waals surface area contributed by atoms with E-state index in [2.05, 4.69) is 125 Å². The highest BCUT2D eigenvalue weighted by Gasteiger charge is 2.30. The van der Waals surface area contributed by atoms with Crippen LogP contribution in [0.15, 0.2) is 97.2 Å². The van der Waals surface area contributed by atoms with Crippen molar-refractivity contribution < 1.29 is 80.2 Å². The smallest absolute Gasteiger partial charge is 0.462 e. The fourth-order valence-corrected chi connectivity index (χ4v) is 12.4. The summed E-state index contributed by atoms with van der Waals surface area (Å²) < 4.78 is 68.6. The molecule has 102 heavy (non-hydrogen) atoms. The lowest BCUT2D eigenvalue weighted by molar-refractivity contribution is -0.161. The van der Waals surface area contributed by atoms with Gasteiger partial charge in [-0.1, -0.05) is 273 Å². The van der Waals surface area contributed by atoms with Gasteiger partial charge >= 0.3 is 39.5 Å². The Morgan fingerprint density at radius 2 is 0.510 bits per heavy atom. The van der Waals surface area contributed by atoms with E-state index in [-0.39, 0.29) is 25.7 Å². The van der Waals surface area contributed by atoms with Gasteiger partial charge in [-0.15, -0.1) is 0 Å². The Hall–Kier alpha value is -4.02. The molecular weight excluding hydrogens is 1330 g/mol. The molecule has 0 aromatic heterocycles. The standard InChI is InChI=1S/C83H146O17P2/c1-5-9-13-17-21-25-29-33-36-37-38-39-42-44-48-52-56-60-64-68-81(86)94-74-79(100-83(88)70-66-62-58-54-50-46-41-35-31-27-23-19-15-11-7-3)76-98-102(91,92)96-72-77(84)71-95-101(89,90)97-75-78(73-93-80(85)67-63-59-55-51-47-43-32-28-24-20-16-12-8-4)99-82(87)69-65-61-57-53-49-45-40-34-30-26-22-18-14-10-6-2/h9,13,21,25-26,28,30,32-33,35-36,38-39,41,44,48,77-79,84H,5-8,10-12,14-20,22-24,27,29,31,34,37,40,42-43,45-47,49-76H2,1-4H3,(H,89,90)(H,91,92)/b13-9-,25-21-,30-26-,32-28-,36-33-,39-38-,41-35-,48-44-/t77-,78+,79+/m0/s1. The van der Waals surface area contributed by atoms with Gasteiger partial charge in [0, 0.05) is 25.7 Å². The highest BCUT2D eigenvalue weighted by molar-refractivity contribution is 7.47. The molecular formula is C83H146O17P2. The van der Waals surface area contributed by atoms with Crippen molar-refractivity contribution in [2.24, 2.45) is 0 Å². The summed E-state index contributed by atoms with van der Waals surface area (Å²) in [6.07, 6.45) is 79.5. The number of hydrogen-bond acceptors (Lipinski definition) is 15. The van der Waals surface area contributed by atoms with E-state index in [1.165, 1.54) is 89.9 Å². The van der Waals surface area contributed by atoms with Crippen LogP contribution in [0.4, 0.5) is 0 Å². The molecule has 0 rings (SSSR count). The van der Waals surface area contributed by atoms with Crippen molar-refractivity contribution in [2.45, 2.75) is 367 Å². The molecule has 0 aliphatic carbocycles. The van der Waals surface area contributed by atoms with E-state index in [4.69, 9.17) is 37.0 Å². The highest BCUT2D eigenvalue weighted by Crippen LogP contribution is 2.45. The first-order chi connectivity index (χ1) is 49.7. The lowest BCUT2D eigenvalue weighted by atomic mass is 10.1. The zero-order chi connectivity index (χ0) is 74.6. The maximum absolute atomic E-state index is 13.1. The highest BCUT2D eigenvalue weighted by atomic mass is 31.2. The third-order valence-corrected chi connectivity index (χ3v) is 18.9. The Morgan fingerprint density at radius 1 is 0.284 bits per heavy atom. The predicted octanol–water partition coefficient (Wildman–Crippen LogP) is 23.6. The van der Waals surface area contributed by atoms with Crippen LogP contribution in [0, 0.1) is 0 Å². The number of allylic oxidation sites excluding steroid dienone is 16. The van der Waals surface area contributed by atoms with Crippen LogP contribution in [0.2, 0.25) is 0 Å². The summed E-state index contributed by atoms with van der Waals surface area (Å²) in [5.74, 6) is -2.22. The van der Waals surface area contributed by atoms with Gasteiger partial charge in [0.1, 0.15) is 19.3 Å². The number of rotatable bonds is 76. The van der Waals surface area contributed by atoms with Crippen LogP contribution < -0.4 is 0 Å². The summed E-state index contributed by atoms with van der Waals surface area (Å²) in [6, 6.07) is 0. The molecule has 5 atom stereocenters. The summed E-state index contributed by atoms with van der Waals surface area (Å²) in [5, 5.41) is 10.6. The first kappa shape index (κ1) is 98.0. The van der Waals surface area contributed by atoms with E-state index in [0.717, 1.165) is 180 Å². The maximum Gasteiger partial charge on any atom is 0.472 e. The Labute approximate surface area is 620 Å². The number of esters is 4. The quantitative estimate of drug-likeness (QED) is 0.0169. The normalized spacial score (nSPS) is 14.4. The number of hydrogen-bond donors (Lipinski definition) is 3. The fraction of sp³-hybridized carbons (Fsp3) is 0.759. The van der Waals surface area contributed by atoms with E-state index in [1.54, 1.807) is 0 Å². The van der Waals surface area contributed by atoms with Crippen molar-refractivity contribution >= 4 is 39.5 Å². The second-order valence-electron chi connectivity index (χ2n) is 27.0. The molecule has 0 aliphatic rings. The van der Waals surface area contributed by atoms with Crippen LogP contribution in [-0.2, 0) is 65.4 Å². The molecule has 0 aromatic rings. The second kappa shape index (κ2) is 75.2. The summed E-state index contributed by atoms with van der Waals surface area (Å²) in [5.41, 5.74) is 0. The minimum atomic E-state index is -4.99. The number of phosphoric acid groups is 2. The van der Waals surface area contributed by atoms with Crippen LogP contribution in [0.5, 0.6) is 0 Å². The van der Waals surface area contributed by atoms with E-state index in [1.807, 2.05) is 0 Å². The Morgan fingerprint density at radius 3 is 0.814 bits per heavy atom. The number of aliphatic hydroxyl groups is 1. The largest absolute Gasteiger partial charge is 0.472 e. The molecule has 0 spiro atoms. The second-order valence-corrected chi connectivity index (χ2v) is 29.9. The number of carbonyl (C=O) groups excluding carboxylic acids is 4. The molecule has 2 unspecified atom stereocenters. The summed E-state index contributed by atoms with van der Waals surface area (Å²) in [6.45, 7) is 4.71. The minimum absolute atomic E-state index is 0.0776. The first-order valence-corrected chi connectivity index (χ1v) is 43.5.